The third-order valence-corrected chi connectivity index (χ3v) is 8.11. The third kappa shape index (κ3) is 11.3. The van der Waals surface area contributed by atoms with E-state index in [0.29, 0.717) is 23.4 Å². The maximum absolute atomic E-state index is 13.1. The molecule has 0 saturated carbocycles. The van der Waals surface area contributed by atoms with E-state index < -0.39 is 75.6 Å². The van der Waals surface area contributed by atoms with E-state index in [1.165, 1.54) is 6.92 Å². The van der Waals surface area contributed by atoms with Gasteiger partial charge in [0, 0.05) is 36.6 Å². The van der Waals surface area contributed by atoms with E-state index in [1.54, 1.807) is 38.1 Å². The van der Waals surface area contributed by atoms with E-state index >= 15 is 0 Å². The van der Waals surface area contributed by atoms with Crippen molar-refractivity contribution in [1.29, 1.82) is 0 Å². The number of carbonyl (C=O) groups excluding carboxylic acids is 6. The summed E-state index contributed by atoms with van der Waals surface area (Å²) in [6, 6.07) is 5.54. The van der Waals surface area contributed by atoms with Crippen molar-refractivity contribution in [2.24, 2.45) is 17.3 Å². The number of ether oxygens (including phenoxy) is 1. The molecule has 4 amide bonds. The Balaban J connectivity index is 1.96. The molecular formula is C30H41N3O10S. The number of ketones is 1. The highest BCUT2D eigenvalue weighted by atomic mass is 32.2. The smallest absolute Gasteiger partial charge is 0.306 e. The molecule has 1 unspecified atom stereocenters. The molecule has 1 aromatic rings. The summed E-state index contributed by atoms with van der Waals surface area (Å²) < 4.78 is 38.9. The van der Waals surface area contributed by atoms with Crippen LogP contribution in [0.15, 0.2) is 36.4 Å². The van der Waals surface area contributed by atoms with Gasteiger partial charge in [0.1, 0.15) is 12.6 Å². The zero-order valence-electron chi connectivity index (χ0n) is 25.8. The van der Waals surface area contributed by atoms with Gasteiger partial charge in [0.05, 0.1) is 6.54 Å². The second-order valence-corrected chi connectivity index (χ2v) is 13.9. The predicted molar refractivity (Wildman–Crippen MR) is 160 cm³/mol. The number of hydrogen-bond donors (Lipinski definition) is 3. The lowest BCUT2D eigenvalue weighted by Gasteiger charge is -2.25. The van der Waals surface area contributed by atoms with Crippen LogP contribution in [0.2, 0.25) is 0 Å². The SMILES string of the molecule is CC(C)[C@H](CC(=O)C(CN1C(=O)C=CC1=O)S(=O)(=O)O)C(=O)N[C@@H](C)C(=O)Nc1ccc(COC(=O)CCC(C)(C)C)cc1. The Labute approximate surface area is 257 Å². The number of carbonyl (C=O) groups is 6. The molecule has 0 aliphatic carbocycles. The molecule has 0 bridgehead atoms. The number of Topliss-reactive ketones (excluding diaryl/α,β-unsaturated/α-hetero) is 1. The van der Waals surface area contributed by atoms with Crippen LogP contribution < -0.4 is 10.6 Å². The Morgan fingerprint density at radius 1 is 0.955 bits per heavy atom. The molecule has 0 radical (unpaired) electrons. The maximum atomic E-state index is 13.1. The minimum absolute atomic E-state index is 0.0192. The van der Waals surface area contributed by atoms with Gasteiger partial charge in [-0.3, -0.25) is 38.2 Å². The summed E-state index contributed by atoms with van der Waals surface area (Å²) in [5.41, 5.74) is 1.16. The summed E-state index contributed by atoms with van der Waals surface area (Å²) in [7, 11) is -5.03. The molecule has 2 rings (SSSR count). The number of hydrogen-bond acceptors (Lipinski definition) is 9. The number of anilines is 1. The van der Waals surface area contributed by atoms with Gasteiger partial charge in [-0.25, -0.2) is 0 Å². The second kappa shape index (κ2) is 15.2. The number of amides is 4. The fourth-order valence-electron chi connectivity index (χ4n) is 4.15. The summed E-state index contributed by atoms with van der Waals surface area (Å²) in [6.07, 6.45) is 2.20. The molecule has 14 heteroatoms. The molecule has 3 N–H and O–H groups in total. The van der Waals surface area contributed by atoms with Crippen LogP contribution in [-0.4, -0.2) is 71.1 Å². The van der Waals surface area contributed by atoms with Gasteiger partial charge >= 0.3 is 5.97 Å². The summed E-state index contributed by atoms with van der Waals surface area (Å²) in [5, 5.41) is 3.03. The lowest BCUT2D eigenvalue weighted by atomic mass is 9.88. The van der Waals surface area contributed by atoms with Crippen molar-refractivity contribution in [2.75, 3.05) is 11.9 Å². The molecule has 1 aromatic carbocycles. The van der Waals surface area contributed by atoms with E-state index in [2.05, 4.69) is 10.6 Å². The van der Waals surface area contributed by atoms with Crippen LogP contribution in [0.4, 0.5) is 5.69 Å². The number of rotatable bonds is 15. The first-order valence-electron chi connectivity index (χ1n) is 14.2. The largest absolute Gasteiger partial charge is 0.461 e. The minimum atomic E-state index is -5.03. The summed E-state index contributed by atoms with van der Waals surface area (Å²) >= 11 is 0. The zero-order chi connectivity index (χ0) is 33.4. The van der Waals surface area contributed by atoms with Gasteiger partial charge in [-0.2, -0.15) is 8.42 Å². The molecule has 1 aliphatic heterocycles. The van der Waals surface area contributed by atoms with E-state index in [0.717, 1.165) is 17.7 Å². The Hall–Kier alpha value is -3.91. The fourth-order valence-corrected chi connectivity index (χ4v) is 4.92. The highest BCUT2D eigenvalue weighted by molar-refractivity contribution is 7.87. The van der Waals surface area contributed by atoms with Crippen molar-refractivity contribution in [3.05, 3.63) is 42.0 Å². The lowest BCUT2D eigenvalue weighted by molar-refractivity contribution is -0.145. The summed E-state index contributed by atoms with van der Waals surface area (Å²) in [4.78, 5) is 75.0. The number of nitrogens with one attached hydrogen (secondary N) is 2. The summed E-state index contributed by atoms with van der Waals surface area (Å²) in [5.74, 6) is -5.87. The van der Waals surface area contributed by atoms with E-state index in [9.17, 15) is 41.7 Å². The molecule has 3 atom stereocenters. The Morgan fingerprint density at radius 2 is 1.52 bits per heavy atom. The van der Waals surface area contributed by atoms with Gasteiger partial charge in [0.15, 0.2) is 11.0 Å². The van der Waals surface area contributed by atoms with Crippen LogP contribution in [0, 0.1) is 17.3 Å². The van der Waals surface area contributed by atoms with E-state index in [4.69, 9.17) is 4.74 Å². The lowest BCUT2D eigenvalue weighted by Crippen LogP contribution is -2.48. The van der Waals surface area contributed by atoms with Gasteiger partial charge < -0.3 is 15.4 Å². The van der Waals surface area contributed by atoms with Crippen LogP contribution >= 0.6 is 0 Å². The van der Waals surface area contributed by atoms with Crippen molar-refractivity contribution in [3.63, 3.8) is 0 Å². The Bertz CT molecular complexity index is 1380. The average molecular weight is 636 g/mol. The maximum Gasteiger partial charge on any atom is 0.306 e. The van der Waals surface area contributed by atoms with Crippen LogP contribution in [-0.2, 0) is 50.2 Å². The molecule has 13 nitrogen and oxygen atoms in total. The number of nitrogens with zero attached hydrogens (tertiary/aromatic N) is 1. The van der Waals surface area contributed by atoms with Crippen LogP contribution in [0.5, 0.6) is 0 Å². The van der Waals surface area contributed by atoms with Crippen LogP contribution in [0.25, 0.3) is 0 Å². The van der Waals surface area contributed by atoms with Gasteiger partial charge in [0.2, 0.25) is 11.8 Å². The number of benzene rings is 1. The molecule has 0 fully saturated rings. The minimum Gasteiger partial charge on any atom is -0.461 e. The summed E-state index contributed by atoms with van der Waals surface area (Å²) in [6.45, 7) is 9.96. The van der Waals surface area contributed by atoms with Crippen molar-refractivity contribution in [3.8, 4) is 0 Å². The highest BCUT2D eigenvalue weighted by Gasteiger charge is 2.39. The number of esters is 1. The third-order valence-electron chi connectivity index (χ3n) is 6.98. The van der Waals surface area contributed by atoms with Gasteiger partial charge in [-0.05, 0) is 42.4 Å². The van der Waals surface area contributed by atoms with Crippen LogP contribution in [0.1, 0.15) is 66.4 Å². The van der Waals surface area contributed by atoms with Gasteiger partial charge in [-0.15, -0.1) is 0 Å². The average Bonchev–Trinajstić information content (AvgIpc) is 3.23. The molecule has 242 valence electrons. The van der Waals surface area contributed by atoms with E-state index in [1.807, 2.05) is 20.8 Å². The monoisotopic (exact) mass is 635 g/mol. The Morgan fingerprint density at radius 3 is 2.02 bits per heavy atom. The fraction of sp³-hybridized carbons (Fsp3) is 0.533. The predicted octanol–water partition coefficient (Wildman–Crippen LogP) is 2.41. The van der Waals surface area contributed by atoms with E-state index in [-0.39, 0.29) is 18.0 Å². The first kappa shape index (κ1) is 36.3. The normalized spacial score (nSPS) is 15.6. The van der Waals surface area contributed by atoms with Crippen molar-refractivity contribution < 1.29 is 46.5 Å². The molecule has 44 heavy (non-hydrogen) atoms. The van der Waals surface area contributed by atoms with Crippen molar-refractivity contribution in [1.82, 2.24) is 10.2 Å². The first-order chi connectivity index (χ1) is 20.3. The second-order valence-electron chi connectivity index (χ2n) is 12.3. The molecule has 1 aliphatic rings. The molecule has 0 spiro atoms. The Kier molecular flexibility index (Phi) is 12.5. The zero-order valence-corrected chi connectivity index (χ0v) is 26.6. The highest BCUT2D eigenvalue weighted by Crippen LogP contribution is 2.22. The van der Waals surface area contributed by atoms with Gasteiger partial charge in [0.25, 0.3) is 21.9 Å². The van der Waals surface area contributed by atoms with Crippen molar-refractivity contribution in [2.45, 2.75) is 78.7 Å². The van der Waals surface area contributed by atoms with Gasteiger partial charge in [-0.1, -0.05) is 46.8 Å². The molecule has 0 saturated heterocycles. The first-order valence-corrected chi connectivity index (χ1v) is 15.7. The topological polar surface area (TPSA) is 193 Å². The van der Waals surface area contributed by atoms with Crippen LogP contribution in [0.3, 0.4) is 0 Å². The molecular weight excluding hydrogens is 594 g/mol. The molecule has 0 aromatic heterocycles. The quantitative estimate of drug-likeness (QED) is 0.146. The van der Waals surface area contributed by atoms with Crippen molar-refractivity contribution >= 4 is 51.2 Å². The number of imide groups is 1. The molecule has 1 heterocycles. The standard InChI is InChI=1S/C30H41N3O10S/c1-18(2)22(15-23(34)24(44(40,41)42)16-33-25(35)11-12-26(33)36)29(39)31-19(3)28(38)32-21-9-7-20(8-10-21)17-43-27(37)13-14-30(4,5)6/h7-12,18-19,22,24H,13-17H2,1-6H3,(H,31,39)(H,32,38)(H,40,41,42)/t19-,22-,24?/m0/s1.